The van der Waals surface area contributed by atoms with E-state index in [0.717, 1.165) is 15.7 Å². The summed E-state index contributed by atoms with van der Waals surface area (Å²) in [6, 6.07) is 12.8. The fourth-order valence-corrected chi connectivity index (χ4v) is 3.05. The molecule has 1 amide bonds. The van der Waals surface area contributed by atoms with Gasteiger partial charge in [0.1, 0.15) is 5.70 Å². The zero-order chi connectivity index (χ0) is 14.6. The summed E-state index contributed by atoms with van der Waals surface area (Å²) in [5.41, 5.74) is 3.53. The molecule has 2 aliphatic rings. The Hall–Kier alpha value is -2.40. The highest BCUT2D eigenvalue weighted by Gasteiger charge is 2.34. The number of anilines is 2. The van der Waals surface area contributed by atoms with Crippen molar-refractivity contribution in [2.24, 2.45) is 0 Å². The van der Waals surface area contributed by atoms with Crippen molar-refractivity contribution in [1.82, 2.24) is 0 Å². The Morgan fingerprint density at radius 2 is 1.67 bits per heavy atom. The predicted molar refractivity (Wildman–Crippen MR) is 84.1 cm³/mol. The summed E-state index contributed by atoms with van der Waals surface area (Å²) in [6.07, 6.45) is 0. The molecule has 4 rings (SSSR count). The molecule has 0 atom stereocenters. The quantitative estimate of drug-likeness (QED) is 0.722. The number of carbonyl (C=O) groups excluding carboxylic acids is 2. The van der Waals surface area contributed by atoms with Crippen LogP contribution in [0.4, 0.5) is 11.4 Å². The molecule has 0 spiro atoms. The summed E-state index contributed by atoms with van der Waals surface area (Å²) in [5, 5.41) is 5.86. The standard InChI is InChI=1S/C16H9BrN2O2/c17-8-5-6-10-12(7-8)18-14(15(10)20)13-9-3-1-2-4-11(9)19-16(13)21/h1-7,18H,(H,19,21)/b14-13-. The predicted octanol–water partition coefficient (Wildman–Crippen LogP) is 3.42. The molecule has 0 fully saturated rings. The third-order valence-electron chi connectivity index (χ3n) is 3.63. The van der Waals surface area contributed by atoms with E-state index in [-0.39, 0.29) is 11.7 Å². The molecule has 0 bridgehead atoms. The first kappa shape index (κ1) is 12.3. The summed E-state index contributed by atoms with van der Waals surface area (Å²) >= 11 is 3.38. The normalized spacial score (nSPS) is 19.1. The van der Waals surface area contributed by atoms with Crippen LogP contribution >= 0.6 is 15.9 Å². The molecule has 0 radical (unpaired) electrons. The SMILES string of the molecule is O=C1Nc2ccccc2/C1=C1/Nc2cc(Br)ccc2C1=O. The molecule has 2 aromatic carbocycles. The van der Waals surface area contributed by atoms with Gasteiger partial charge >= 0.3 is 0 Å². The monoisotopic (exact) mass is 340 g/mol. The number of ketones is 1. The van der Waals surface area contributed by atoms with Crippen LogP contribution in [-0.4, -0.2) is 11.7 Å². The smallest absolute Gasteiger partial charge is 0.258 e. The molecule has 2 heterocycles. The molecule has 2 N–H and O–H groups in total. The Labute approximate surface area is 129 Å². The van der Waals surface area contributed by atoms with Gasteiger partial charge in [-0.1, -0.05) is 34.1 Å². The van der Waals surface area contributed by atoms with E-state index in [2.05, 4.69) is 26.6 Å². The molecule has 0 saturated carbocycles. The second-order valence-corrected chi connectivity index (χ2v) is 5.81. The lowest BCUT2D eigenvalue weighted by Gasteiger charge is -2.03. The Kier molecular flexibility index (Phi) is 2.53. The first-order valence-electron chi connectivity index (χ1n) is 6.41. The molecule has 5 heteroatoms. The van der Waals surface area contributed by atoms with Gasteiger partial charge in [0, 0.05) is 21.3 Å². The topological polar surface area (TPSA) is 58.2 Å². The third kappa shape index (κ3) is 1.74. The van der Waals surface area contributed by atoms with Crippen molar-refractivity contribution in [3.8, 4) is 0 Å². The molecule has 102 valence electrons. The Bertz CT molecular complexity index is 855. The van der Waals surface area contributed by atoms with Crippen LogP contribution in [0.25, 0.3) is 5.57 Å². The third-order valence-corrected chi connectivity index (χ3v) is 4.13. The van der Waals surface area contributed by atoms with Crippen LogP contribution in [0.3, 0.4) is 0 Å². The molecule has 21 heavy (non-hydrogen) atoms. The Balaban J connectivity index is 1.92. The van der Waals surface area contributed by atoms with Crippen LogP contribution in [0, 0.1) is 0 Å². The lowest BCUT2D eigenvalue weighted by atomic mass is 10.0. The maximum atomic E-state index is 12.5. The van der Waals surface area contributed by atoms with Crippen LogP contribution < -0.4 is 10.6 Å². The number of hydrogen-bond donors (Lipinski definition) is 2. The van der Waals surface area contributed by atoms with Crippen LogP contribution in [-0.2, 0) is 4.79 Å². The second-order valence-electron chi connectivity index (χ2n) is 4.89. The summed E-state index contributed by atoms with van der Waals surface area (Å²) < 4.78 is 0.879. The summed E-state index contributed by atoms with van der Waals surface area (Å²) in [5.74, 6) is -0.404. The molecular weight excluding hydrogens is 332 g/mol. The number of benzene rings is 2. The van der Waals surface area contributed by atoms with Crippen molar-refractivity contribution >= 4 is 44.6 Å². The van der Waals surface area contributed by atoms with Gasteiger partial charge in [0.25, 0.3) is 5.91 Å². The molecule has 0 aliphatic carbocycles. The van der Waals surface area contributed by atoms with Crippen LogP contribution in [0.1, 0.15) is 15.9 Å². The highest BCUT2D eigenvalue weighted by molar-refractivity contribution is 9.10. The highest BCUT2D eigenvalue weighted by atomic mass is 79.9. The first-order valence-corrected chi connectivity index (χ1v) is 7.21. The summed E-state index contributed by atoms with van der Waals surface area (Å²) in [4.78, 5) is 24.7. The largest absolute Gasteiger partial charge is 0.351 e. The number of carbonyl (C=O) groups is 2. The van der Waals surface area contributed by atoms with Crippen molar-refractivity contribution in [3.05, 3.63) is 63.8 Å². The van der Waals surface area contributed by atoms with Crippen LogP contribution in [0.5, 0.6) is 0 Å². The van der Waals surface area contributed by atoms with Crippen molar-refractivity contribution in [2.45, 2.75) is 0 Å². The van der Waals surface area contributed by atoms with Crippen molar-refractivity contribution < 1.29 is 9.59 Å². The van der Waals surface area contributed by atoms with E-state index in [1.54, 1.807) is 6.07 Å². The zero-order valence-corrected chi connectivity index (χ0v) is 12.3. The van der Waals surface area contributed by atoms with Gasteiger partial charge < -0.3 is 10.6 Å². The van der Waals surface area contributed by atoms with E-state index >= 15 is 0 Å². The maximum Gasteiger partial charge on any atom is 0.258 e. The molecule has 0 unspecified atom stereocenters. The van der Waals surface area contributed by atoms with E-state index in [1.807, 2.05) is 36.4 Å². The van der Waals surface area contributed by atoms with E-state index in [0.29, 0.717) is 22.5 Å². The second kappa shape index (κ2) is 4.30. The number of para-hydroxylation sites is 1. The van der Waals surface area contributed by atoms with Crippen molar-refractivity contribution in [3.63, 3.8) is 0 Å². The van der Waals surface area contributed by atoms with Gasteiger partial charge in [0.05, 0.1) is 11.3 Å². The van der Waals surface area contributed by atoms with E-state index in [4.69, 9.17) is 0 Å². The molecule has 0 saturated heterocycles. The van der Waals surface area contributed by atoms with Gasteiger partial charge in [-0.05, 0) is 24.3 Å². The average molecular weight is 341 g/mol. The molecular formula is C16H9BrN2O2. The molecule has 2 aliphatic heterocycles. The minimum Gasteiger partial charge on any atom is -0.351 e. The van der Waals surface area contributed by atoms with Crippen molar-refractivity contribution in [2.75, 3.05) is 10.6 Å². The lowest BCUT2D eigenvalue weighted by molar-refractivity contribution is -0.110. The number of fused-ring (bicyclic) bond motifs is 2. The summed E-state index contributed by atoms with van der Waals surface area (Å²) in [7, 11) is 0. The van der Waals surface area contributed by atoms with E-state index in [9.17, 15) is 9.59 Å². The van der Waals surface area contributed by atoms with Gasteiger partial charge in [0.15, 0.2) is 0 Å². The number of amides is 1. The van der Waals surface area contributed by atoms with Gasteiger partial charge in [-0.3, -0.25) is 9.59 Å². The van der Waals surface area contributed by atoms with E-state index in [1.165, 1.54) is 0 Å². The highest BCUT2D eigenvalue weighted by Crippen LogP contribution is 2.39. The maximum absolute atomic E-state index is 12.5. The van der Waals surface area contributed by atoms with E-state index < -0.39 is 0 Å². The Morgan fingerprint density at radius 1 is 0.857 bits per heavy atom. The van der Waals surface area contributed by atoms with Crippen molar-refractivity contribution in [1.29, 1.82) is 0 Å². The van der Waals surface area contributed by atoms with Gasteiger partial charge in [-0.2, -0.15) is 0 Å². The van der Waals surface area contributed by atoms with Gasteiger partial charge in [0.2, 0.25) is 5.78 Å². The first-order chi connectivity index (χ1) is 10.1. The lowest BCUT2D eigenvalue weighted by Crippen LogP contribution is -2.11. The average Bonchev–Trinajstić information content (AvgIpc) is 2.95. The van der Waals surface area contributed by atoms with Gasteiger partial charge in [-0.15, -0.1) is 0 Å². The minimum atomic E-state index is -0.251. The summed E-state index contributed by atoms with van der Waals surface area (Å²) in [6.45, 7) is 0. The number of hydrogen-bond acceptors (Lipinski definition) is 3. The number of Topliss-reactive ketones (excluding diaryl/α,β-unsaturated/α-hetero) is 1. The number of rotatable bonds is 0. The minimum absolute atomic E-state index is 0.153. The van der Waals surface area contributed by atoms with Crippen LogP contribution in [0.15, 0.2) is 52.6 Å². The number of allylic oxidation sites excluding steroid dienone is 1. The fourth-order valence-electron chi connectivity index (χ4n) is 2.69. The molecule has 4 nitrogen and oxygen atoms in total. The molecule has 2 aromatic rings. The van der Waals surface area contributed by atoms with Gasteiger partial charge in [-0.25, -0.2) is 0 Å². The zero-order valence-electron chi connectivity index (χ0n) is 10.7. The number of nitrogens with one attached hydrogen (secondary N) is 2. The Morgan fingerprint density at radius 3 is 2.52 bits per heavy atom. The van der Waals surface area contributed by atoms with Crippen LogP contribution in [0.2, 0.25) is 0 Å². The molecule has 0 aromatic heterocycles. The fraction of sp³-hybridized carbons (Fsp3) is 0. The number of halogens is 1.